The van der Waals surface area contributed by atoms with Gasteiger partial charge in [0, 0.05) is 20.3 Å². The summed E-state index contributed by atoms with van der Waals surface area (Å²) in [6, 6.07) is -0.582. The summed E-state index contributed by atoms with van der Waals surface area (Å²) in [6.45, 7) is 5.60. The molecule has 0 spiro atoms. The van der Waals surface area contributed by atoms with Crippen molar-refractivity contribution in [3.05, 3.63) is 11.7 Å². The molecule has 1 fully saturated rings. The maximum Gasteiger partial charge on any atom is 0.315 e. The zero-order valence-corrected chi connectivity index (χ0v) is 14.0. The number of rotatable bonds is 7. The van der Waals surface area contributed by atoms with Crippen molar-refractivity contribution in [2.24, 2.45) is 5.92 Å². The smallest absolute Gasteiger partial charge is 0.315 e. The Morgan fingerprint density at radius 2 is 2.13 bits per heavy atom. The van der Waals surface area contributed by atoms with Crippen LogP contribution in [-0.4, -0.2) is 49.1 Å². The summed E-state index contributed by atoms with van der Waals surface area (Å²) in [4.78, 5) is 16.6. The zero-order valence-electron chi connectivity index (χ0n) is 14.0. The summed E-state index contributed by atoms with van der Waals surface area (Å²) in [5.74, 6) is 1.23. The largest absolute Gasteiger partial charge is 0.383 e. The molecule has 8 heteroatoms. The average molecular weight is 326 g/mol. The van der Waals surface area contributed by atoms with E-state index in [1.165, 1.54) is 0 Å². The SMILES string of the molecule is CCC(COC)NC(=O)NC(c1nc(C)no1)C1CCOCC1. The Labute approximate surface area is 136 Å². The van der Waals surface area contributed by atoms with Crippen LogP contribution in [0.25, 0.3) is 0 Å². The molecule has 1 aliphatic rings. The minimum atomic E-state index is -0.305. The highest BCUT2D eigenvalue weighted by atomic mass is 16.5. The quantitative estimate of drug-likeness (QED) is 0.789. The number of carbonyl (C=O) groups is 1. The molecule has 0 radical (unpaired) electrons. The summed E-state index contributed by atoms with van der Waals surface area (Å²) < 4.78 is 15.8. The summed E-state index contributed by atoms with van der Waals surface area (Å²) in [7, 11) is 1.62. The Balaban J connectivity index is 2.03. The molecule has 0 aromatic carbocycles. The van der Waals surface area contributed by atoms with Crippen LogP contribution >= 0.6 is 0 Å². The fourth-order valence-electron chi connectivity index (χ4n) is 2.70. The summed E-state index contributed by atoms with van der Waals surface area (Å²) in [5.41, 5.74) is 0. The monoisotopic (exact) mass is 326 g/mol. The fourth-order valence-corrected chi connectivity index (χ4v) is 2.70. The molecule has 8 nitrogen and oxygen atoms in total. The van der Waals surface area contributed by atoms with Gasteiger partial charge in [0.2, 0.25) is 5.89 Å². The molecule has 0 bridgehead atoms. The topological polar surface area (TPSA) is 98.5 Å². The van der Waals surface area contributed by atoms with E-state index in [9.17, 15) is 4.79 Å². The zero-order chi connectivity index (χ0) is 16.7. The van der Waals surface area contributed by atoms with Crippen LogP contribution in [0.5, 0.6) is 0 Å². The number of amides is 2. The lowest BCUT2D eigenvalue weighted by Crippen LogP contribution is -2.47. The van der Waals surface area contributed by atoms with Crippen molar-refractivity contribution in [2.45, 2.75) is 45.2 Å². The van der Waals surface area contributed by atoms with Gasteiger partial charge >= 0.3 is 6.03 Å². The molecule has 2 unspecified atom stereocenters. The molecule has 2 N–H and O–H groups in total. The lowest BCUT2D eigenvalue weighted by atomic mass is 9.91. The van der Waals surface area contributed by atoms with Crippen LogP contribution in [-0.2, 0) is 9.47 Å². The van der Waals surface area contributed by atoms with Gasteiger partial charge in [0.25, 0.3) is 0 Å². The van der Waals surface area contributed by atoms with Gasteiger partial charge in [0.15, 0.2) is 5.82 Å². The number of methoxy groups -OCH3 is 1. The van der Waals surface area contributed by atoms with Crippen LogP contribution in [0.1, 0.15) is 43.9 Å². The first kappa shape index (κ1) is 17.7. The number of nitrogens with zero attached hydrogens (tertiary/aromatic N) is 2. The van der Waals surface area contributed by atoms with E-state index in [-0.39, 0.29) is 24.0 Å². The highest BCUT2D eigenvalue weighted by molar-refractivity contribution is 5.74. The van der Waals surface area contributed by atoms with Gasteiger partial charge in [-0.3, -0.25) is 0 Å². The minimum Gasteiger partial charge on any atom is -0.383 e. The Hall–Kier alpha value is -1.67. The Kier molecular flexibility index (Phi) is 6.79. The Bertz CT molecular complexity index is 488. The highest BCUT2D eigenvalue weighted by Gasteiger charge is 2.31. The lowest BCUT2D eigenvalue weighted by Gasteiger charge is -2.29. The first-order valence-corrected chi connectivity index (χ1v) is 8.08. The van der Waals surface area contributed by atoms with Crippen LogP contribution < -0.4 is 10.6 Å². The van der Waals surface area contributed by atoms with Crippen molar-refractivity contribution in [2.75, 3.05) is 26.9 Å². The number of aryl methyl sites for hydroxylation is 1. The van der Waals surface area contributed by atoms with Gasteiger partial charge in [-0.05, 0) is 32.1 Å². The normalized spacial score (nSPS) is 18.4. The average Bonchev–Trinajstić information content (AvgIpc) is 2.99. The van der Waals surface area contributed by atoms with Crippen molar-refractivity contribution in [3.8, 4) is 0 Å². The third kappa shape index (κ3) is 5.18. The molecule has 0 aliphatic carbocycles. The van der Waals surface area contributed by atoms with Crippen LogP contribution in [0.3, 0.4) is 0 Å². The van der Waals surface area contributed by atoms with E-state index >= 15 is 0 Å². The van der Waals surface area contributed by atoms with Crippen molar-refractivity contribution in [1.82, 2.24) is 20.8 Å². The minimum absolute atomic E-state index is 0.0280. The number of carbonyl (C=O) groups excluding carboxylic acids is 1. The fraction of sp³-hybridized carbons (Fsp3) is 0.800. The molecule has 2 heterocycles. The summed E-state index contributed by atoms with van der Waals surface area (Å²) >= 11 is 0. The van der Waals surface area contributed by atoms with Crippen molar-refractivity contribution in [3.63, 3.8) is 0 Å². The molecule has 130 valence electrons. The first-order chi connectivity index (χ1) is 11.1. The van der Waals surface area contributed by atoms with E-state index in [4.69, 9.17) is 14.0 Å². The number of aromatic nitrogens is 2. The van der Waals surface area contributed by atoms with E-state index < -0.39 is 0 Å². The van der Waals surface area contributed by atoms with Gasteiger partial charge in [0.1, 0.15) is 6.04 Å². The number of ether oxygens (including phenoxy) is 2. The maximum atomic E-state index is 12.3. The standard InChI is InChI=1S/C15H26N4O4/c1-4-12(9-21-3)17-15(20)18-13(11-5-7-22-8-6-11)14-16-10(2)19-23-14/h11-13H,4-9H2,1-3H3,(H2,17,18,20). The first-order valence-electron chi connectivity index (χ1n) is 8.08. The molecule has 23 heavy (non-hydrogen) atoms. The molecule has 2 amide bonds. The van der Waals surface area contributed by atoms with E-state index in [2.05, 4.69) is 20.8 Å². The number of hydrogen-bond donors (Lipinski definition) is 2. The van der Waals surface area contributed by atoms with Gasteiger partial charge < -0.3 is 24.6 Å². The Morgan fingerprint density at radius 3 is 2.70 bits per heavy atom. The lowest BCUT2D eigenvalue weighted by molar-refractivity contribution is 0.0501. The molecule has 0 saturated carbocycles. The highest BCUT2D eigenvalue weighted by Crippen LogP contribution is 2.29. The van der Waals surface area contributed by atoms with Gasteiger partial charge in [-0.1, -0.05) is 12.1 Å². The molecule has 1 aliphatic heterocycles. The van der Waals surface area contributed by atoms with Crippen molar-refractivity contribution < 1.29 is 18.8 Å². The Morgan fingerprint density at radius 1 is 1.39 bits per heavy atom. The summed E-state index contributed by atoms with van der Waals surface area (Å²) in [6.07, 6.45) is 2.49. The van der Waals surface area contributed by atoms with Gasteiger partial charge in [-0.25, -0.2) is 4.79 Å². The van der Waals surface area contributed by atoms with Crippen LogP contribution in [0.15, 0.2) is 4.52 Å². The van der Waals surface area contributed by atoms with E-state index in [1.807, 2.05) is 6.92 Å². The van der Waals surface area contributed by atoms with Gasteiger partial charge in [0.05, 0.1) is 12.6 Å². The van der Waals surface area contributed by atoms with E-state index in [0.717, 1.165) is 19.3 Å². The molecular weight excluding hydrogens is 300 g/mol. The third-order valence-electron chi connectivity index (χ3n) is 4.03. The van der Waals surface area contributed by atoms with E-state index in [0.29, 0.717) is 31.5 Å². The number of nitrogens with one attached hydrogen (secondary N) is 2. The van der Waals surface area contributed by atoms with Crippen molar-refractivity contribution in [1.29, 1.82) is 0 Å². The molecule has 1 aromatic rings. The van der Waals surface area contributed by atoms with Crippen LogP contribution in [0.2, 0.25) is 0 Å². The predicted molar refractivity (Wildman–Crippen MR) is 82.9 cm³/mol. The van der Waals surface area contributed by atoms with Gasteiger partial charge in [-0.2, -0.15) is 4.98 Å². The van der Waals surface area contributed by atoms with Crippen molar-refractivity contribution >= 4 is 6.03 Å². The maximum absolute atomic E-state index is 12.3. The molecule has 1 aromatic heterocycles. The molecule has 1 saturated heterocycles. The number of urea groups is 1. The summed E-state index contributed by atoms with van der Waals surface area (Å²) in [5, 5.41) is 9.74. The molecule has 2 rings (SSSR count). The van der Waals surface area contributed by atoms with E-state index in [1.54, 1.807) is 14.0 Å². The molecular formula is C15H26N4O4. The van der Waals surface area contributed by atoms with Crippen LogP contribution in [0.4, 0.5) is 4.79 Å². The second kappa shape index (κ2) is 8.83. The predicted octanol–water partition coefficient (Wildman–Crippen LogP) is 1.57. The third-order valence-corrected chi connectivity index (χ3v) is 4.03. The van der Waals surface area contributed by atoms with Gasteiger partial charge in [-0.15, -0.1) is 0 Å². The van der Waals surface area contributed by atoms with Crippen LogP contribution in [0, 0.1) is 12.8 Å². The number of hydrogen-bond acceptors (Lipinski definition) is 6. The second-order valence-electron chi connectivity index (χ2n) is 5.79. The second-order valence-corrected chi connectivity index (χ2v) is 5.79. The molecule has 2 atom stereocenters.